The molecule has 4 nitrogen and oxygen atoms in total. The summed E-state index contributed by atoms with van der Waals surface area (Å²) in [6, 6.07) is 4.70. The average Bonchev–Trinajstić information content (AvgIpc) is 2.38. The van der Waals surface area contributed by atoms with Crippen LogP contribution >= 0.6 is 0 Å². The molecule has 1 rings (SSSR count). The van der Waals surface area contributed by atoms with E-state index in [1.165, 1.54) is 19.3 Å². The van der Waals surface area contributed by atoms with Gasteiger partial charge >= 0.3 is 6.61 Å². The van der Waals surface area contributed by atoms with Crippen molar-refractivity contribution < 1.29 is 23.0 Å². The van der Waals surface area contributed by atoms with Crippen LogP contribution in [-0.4, -0.2) is 26.2 Å². The molecule has 0 atom stereocenters. The number of hydrogen-bond donors (Lipinski definition) is 1. The molecule has 0 spiro atoms. The molecule has 0 fully saturated rings. The minimum atomic E-state index is -2.90. The summed E-state index contributed by atoms with van der Waals surface area (Å²) < 4.78 is 33.8. The Labute approximate surface area is 122 Å². The number of amides is 1. The van der Waals surface area contributed by atoms with Gasteiger partial charge in [0, 0.05) is 12.6 Å². The third kappa shape index (κ3) is 6.25. The molecule has 0 aliphatic heterocycles. The molecule has 0 bridgehead atoms. The van der Waals surface area contributed by atoms with Crippen molar-refractivity contribution in [3.05, 3.63) is 35.4 Å². The van der Waals surface area contributed by atoms with E-state index in [-0.39, 0.29) is 17.4 Å². The average molecular weight is 299 g/mol. The lowest BCUT2D eigenvalue weighted by atomic mass is 10.1. The summed E-state index contributed by atoms with van der Waals surface area (Å²) in [7, 11) is 1.38. The largest absolute Gasteiger partial charge is 0.493 e. The smallest absolute Gasteiger partial charge is 0.387 e. The molecule has 0 unspecified atom stereocenters. The first kappa shape index (κ1) is 16.9. The molecular formula is C15H19F2NO3. The Morgan fingerprint density at radius 3 is 2.62 bits per heavy atom. The van der Waals surface area contributed by atoms with Gasteiger partial charge in [0.15, 0.2) is 11.5 Å². The Morgan fingerprint density at radius 1 is 1.33 bits per heavy atom. The van der Waals surface area contributed by atoms with Gasteiger partial charge in [0.1, 0.15) is 0 Å². The van der Waals surface area contributed by atoms with Gasteiger partial charge in [-0.15, -0.1) is 0 Å². The molecule has 0 saturated carbocycles. The highest BCUT2D eigenvalue weighted by Gasteiger charge is 2.11. The minimum absolute atomic E-state index is 0.00942. The third-order valence-corrected chi connectivity index (χ3v) is 2.58. The van der Waals surface area contributed by atoms with Crippen molar-refractivity contribution >= 4 is 5.91 Å². The van der Waals surface area contributed by atoms with Crippen molar-refractivity contribution in [2.75, 3.05) is 13.7 Å². The first-order valence-corrected chi connectivity index (χ1v) is 6.47. The van der Waals surface area contributed by atoms with Crippen molar-refractivity contribution in [2.24, 2.45) is 0 Å². The fourth-order valence-electron chi connectivity index (χ4n) is 1.70. The van der Waals surface area contributed by atoms with E-state index in [9.17, 15) is 13.6 Å². The Morgan fingerprint density at radius 2 is 2.05 bits per heavy atom. The zero-order valence-electron chi connectivity index (χ0n) is 12.3. The van der Waals surface area contributed by atoms with Crippen LogP contribution in [-0.2, 0) is 11.2 Å². The van der Waals surface area contributed by atoms with E-state index in [2.05, 4.69) is 10.1 Å². The van der Waals surface area contributed by atoms with Gasteiger partial charge in [-0.05, 0) is 38.0 Å². The van der Waals surface area contributed by atoms with E-state index in [1.54, 1.807) is 12.1 Å². The summed E-state index contributed by atoms with van der Waals surface area (Å²) in [5, 5.41) is 2.74. The number of benzene rings is 1. The van der Waals surface area contributed by atoms with Crippen molar-refractivity contribution in [3.8, 4) is 11.5 Å². The number of hydrogen-bond acceptors (Lipinski definition) is 3. The number of alkyl halides is 2. The number of carbonyl (C=O) groups is 1. The molecule has 0 aromatic heterocycles. The maximum Gasteiger partial charge on any atom is 0.387 e. The molecule has 1 aromatic rings. The SMILES string of the molecule is COc1cc(CCNC(=O)C=C(C)C)ccc1OC(F)F. The maximum atomic E-state index is 12.2. The van der Waals surface area contributed by atoms with Crippen LogP contribution in [0.3, 0.4) is 0 Å². The maximum absolute atomic E-state index is 12.2. The van der Waals surface area contributed by atoms with Crippen LogP contribution in [0, 0.1) is 0 Å². The fourth-order valence-corrected chi connectivity index (χ4v) is 1.70. The molecule has 0 saturated heterocycles. The van der Waals surface area contributed by atoms with E-state index >= 15 is 0 Å². The first-order valence-electron chi connectivity index (χ1n) is 6.47. The Balaban J connectivity index is 2.60. The number of allylic oxidation sites excluding steroid dienone is 1. The van der Waals surface area contributed by atoms with Gasteiger partial charge in [0.2, 0.25) is 5.91 Å². The van der Waals surface area contributed by atoms with Crippen LogP contribution < -0.4 is 14.8 Å². The van der Waals surface area contributed by atoms with E-state index < -0.39 is 6.61 Å². The van der Waals surface area contributed by atoms with Crippen molar-refractivity contribution in [1.82, 2.24) is 5.32 Å². The predicted octanol–water partition coefficient (Wildman–Crippen LogP) is 2.92. The number of nitrogens with one attached hydrogen (secondary N) is 1. The summed E-state index contributed by atoms with van der Waals surface area (Å²) in [5.41, 5.74) is 1.77. The second-order valence-electron chi connectivity index (χ2n) is 4.63. The normalized spacial score (nSPS) is 10.2. The molecule has 0 heterocycles. The molecule has 0 aliphatic carbocycles. The lowest BCUT2D eigenvalue weighted by molar-refractivity contribution is -0.116. The van der Waals surface area contributed by atoms with E-state index in [1.807, 2.05) is 13.8 Å². The highest BCUT2D eigenvalue weighted by atomic mass is 19.3. The molecule has 1 aromatic carbocycles. The van der Waals surface area contributed by atoms with Gasteiger partial charge in [0.25, 0.3) is 0 Å². The summed E-state index contributed by atoms with van der Waals surface area (Å²) >= 11 is 0. The van der Waals surface area contributed by atoms with Gasteiger partial charge in [-0.1, -0.05) is 11.6 Å². The van der Waals surface area contributed by atoms with Gasteiger partial charge in [-0.25, -0.2) is 0 Å². The van der Waals surface area contributed by atoms with E-state index in [0.717, 1.165) is 11.1 Å². The Kier molecular flexibility index (Phi) is 6.65. The molecule has 21 heavy (non-hydrogen) atoms. The van der Waals surface area contributed by atoms with Gasteiger partial charge in [-0.2, -0.15) is 8.78 Å². The lowest BCUT2D eigenvalue weighted by Gasteiger charge is -2.11. The van der Waals surface area contributed by atoms with E-state index in [4.69, 9.17) is 4.74 Å². The molecule has 6 heteroatoms. The standard InChI is InChI=1S/C15H19F2NO3/c1-10(2)8-14(19)18-7-6-11-4-5-12(21-15(16)17)13(9-11)20-3/h4-5,8-9,15H,6-7H2,1-3H3,(H,18,19). The number of carbonyl (C=O) groups excluding carboxylic acids is 1. The van der Waals surface area contributed by atoms with Crippen LogP contribution in [0.4, 0.5) is 8.78 Å². The number of ether oxygens (including phenoxy) is 2. The predicted molar refractivity (Wildman–Crippen MR) is 75.8 cm³/mol. The first-order chi connectivity index (χ1) is 9.92. The lowest BCUT2D eigenvalue weighted by Crippen LogP contribution is -2.23. The van der Waals surface area contributed by atoms with Gasteiger partial charge in [-0.3, -0.25) is 4.79 Å². The van der Waals surface area contributed by atoms with Gasteiger partial charge < -0.3 is 14.8 Å². The van der Waals surface area contributed by atoms with Crippen LogP contribution in [0.5, 0.6) is 11.5 Å². The Bertz CT molecular complexity index is 512. The summed E-state index contributed by atoms with van der Waals surface area (Å²) in [6.45, 7) is 1.23. The fraction of sp³-hybridized carbons (Fsp3) is 0.400. The molecular weight excluding hydrogens is 280 g/mol. The van der Waals surface area contributed by atoms with Gasteiger partial charge in [0.05, 0.1) is 7.11 Å². The molecule has 116 valence electrons. The second-order valence-corrected chi connectivity index (χ2v) is 4.63. The quantitative estimate of drug-likeness (QED) is 0.788. The zero-order valence-corrected chi connectivity index (χ0v) is 12.3. The molecule has 1 N–H and O–H groups in total. The highest BCUT2D eigenvalue weighted by Crippen LogP contribution is 2.29. The summed E-state index contributed by atoms with van der Waals surface area (Å²) in [5.74, 6) is 0.0767. The second kappa shape index (κ2) is 8.24. The highest BCUT2D eigenvalue weighted by molar-refractivity contribution is 5.87. The van der Waals surface area contributed by atoms with Crippen LogP contribution in [0.25, 0.3) is 0 Å². The number of halogens is 2. The molecule has 0 aliphatic rings. The zero-order chi connectivity index (χ0) is 15.8. The van der Waals surface area contributed by atoms with Crippen LogP contribution in [0.2, 0.25) is 0 Å². The molecule has 0 radical (unpaired) electrons. The third-order valence-electron chi connectivity index (χ3n) is 2.58. The minimum Gasteiger partial charge on any atom is -0.493 e. The molecule has 1 amide bonds. The summed E-state index contributed by atoms with van der Waals surface area (Å²) in [4.78, 5) is 11.4. The Hall–Kier alpha value is -2.11. The summed E-state index contributed by atoms with van der Waals surface area (Å²) in [6.07, 6.45) is 2.08. The van der Waals surface area contributed by atoms with E-state index in [0.29, 0.717) is 13.0 Å². The monoisotopic (exact) mass is 299 g/mol. The van der Waals surface area contributed by atoms with Crippen LogP contribution in [0.15, 0.2) is 29.8 Å². The number of methoxy groups -OCH3 is 1. The topological polar surface area (TPSA) is 47.6 Å². The van der Waals surface area contributed by atoms with Crippen LogP contribution in [0.1, 0.15) is 19.4 Å². The van der Waals surface area contributed by atoms with Crippen molar-refractivity contribution in [2.45, 2.75) is 26.9 Å². The number of rotatable bonds is 7. The van der Waals surface area contributed by atoms with Crippen molar-refractivity contribution in [1.29, 1.82) is 0 Å². The van der Waals surface area contributed by atoms with Crippen molar-refractivity contribution in [3.63, 3.8) is 0 Å².